The van der Waals surface area contributed by atoms with Crippen LogP contribution in [0.5, 0.6) is 0 Å². The number of allylic oxidation sites excluding steroid dienone is 1. The first-order chi connectivity index (χ1) is 8.06. The summed E-state index contributed by atoms with van der Waals surface area (Å²) in [6, 6.07) is 6.56. The molecule has 0 amide bonds. The Morgan fingerprint density at radius 2 is 1.82 bits per heavy atom. The van der Waals surface area contributed by atoms with Gasteiger partial charge in [-0.15, -0.1) is 0 Å². The minimum atomic E-state index is -2.03. The summed E-state index contributed by atoms with van der Waals surface area (Å²) >= 11 is 0. The summed E-state index contributed by atoms with van der Waals surface area (Å²) in [4.78, 5) is 0.291. The number of hydrogen-bond donors (Lipinski definition) is 0. The topological polar surface area (TPSA) is 17.1 Å². The fraction of sp³-hybridized carbons (Fsp3) is 0.385. The normalized spacial score (nSPS) is 14.4. The van der Waals surface area contributed by atoms with Gasteiger partial charge in [0.25, 0.3) is 0 Å². The molecule has 0 N–H and O–H groups in total. The van der Waals surface area contributed by atoms with Crippen molar-refractivity contribution >= 4 is 10.8 Å². The molecule has 0 aromatic heterocycles. The summed E-state index contributed by atoms with van der Waals surface area (Å²) in [5, 5.41) is -1.15. The molecule has 17 heavy (non-hydrogen) atoms. The Hall–Kier alpha value is -1.03. The van der Waals surface area contributed by atoms with E-state index >= 15 is 0 Å². The van der Waals surface area contributed by atoms with Crippen molar-refractivity contribution in [1.29, 1.82) is 0 Å². The molecule has 0 fully saturated rings. The van der Waals surface area contributed by atoms with E-state index < -0.39 is 21.8 Å². The van der Waals surface area contributed by atoms with Crippen LogP contribution in [0.15, 0.2) is 40.1 Å². The van der Waals surface area contributed by atoms with Crippen molar-refractivity contribution in [2.45, 2.75) is 38.0 Å². The molecule has 0 bridgehead atoms. The van der Waals surface area contributed by atoms with E-state index in [0.29, 0.717) is 11.3 Å². The van der Waals surface area contributed by atoms with Gasteiger partial charge in [-0.25, -0.2) is 8.60 Å². The zero-order valence-corrected chi connectivity index (χ0v) is 10.8. The van der Waals surface area contributed by atoms with E-state index in [1.54, 1.807) is 24.3 Å². The molecular formula is C13H16F2OS. The third kappa shape index (κ3) is 4.04. The SMILES string of the molecule is CCCC/C(F)=C(\F)S(=O)c1ccc(C)cc1. The second-order valence-corrected chi connectivity index (χ2v) is 5.23. The predicted octanol–water partition coefficient (Wildman–Crippen LogP) is 4.40. The maximum Gasteiger partial charge on any atom is 0.222 e. The summed E-state index contributed by atoms with van der Waals surface area (Å²) in [6.45, 7) is 3.77. The van der Waals surface area contributed by atoms with Crippen LogP contribution < -0.4 is 0 Å². The van der Waals surface area contributed by atoms with E-state index in [2.05, 4.69) is 0 Å². The first-order valence-corrected chi connectivity index (χ1v) is 6.73. The van der Waals surface area contributed by atoms with Crippen molar-refractivity contribution < 1.29 is 13.0 Å². The van der Waals surface area contributed by atoms with Gasteiger partial charge in [-0.1, -0.05) is 31.0 Å². The van der Waals surface area contributed by atoms with Crippen molar-refractivity contribution in [1.82, 2.24) is 0 Å². The smallest absolute Gasteiger partial charge is 0.222 e. The molecule has 0 heterocycles. The summed E-state index contributed by atoms with van der Waals surface area (Å²) < 4.78 is 38.5. The summed E-state index contributed by atoms with van der Waals surface area (Å²) in [5.74, 6) is -0.897. The molecule has 1 aromatic rings. The molecule has 4 heteroatoms. The maximum absolute atomic E-state index is 13.5. The van der Waals surface area contributed by atoms with E-state index in [1.165, 1.54) is 0 Å². The van der Waals surface area contributed by atoms with Crippen LogP contribution in [-0.4, -0.2) is 4.21 Å². The second kappa shape index (κ2) is 6.64. The first-order valence-electron chi connectivity index (χ1n) is 5.58. The lowest BCUT2D eigenvalue weighted by atomic mass is 10.2. The predicted molar refractivity (Wildman–Crippen MR) is 66.4 cm³/mol. The highest BCUT2D eigenvalue weighted by Crippen LogP contribution is 2.23. The first kappa shape index (κ1) is 14.0. The van der Waals surface area contributed by atoms with Crippen molar-refractivity contribution in [2.75, 3.05) is 0 Å². The number of aryl methyl sites for hydroxylation is 1. The summed E-state index contributed by atoms with van der Waals surface area (Å²) in [6.07, 6.45) is 1.35. The number of rotatable bonds is 5. The minimum absolute atomic E-state index is 0.0138. The highest BCUT2D eigenvalue weighted by atomic mass is 32.2. The summed E-state index contributed by atoms with van der Waals surface area (Å²) in [7, 11) is -2.03. The Balaban J connectivity index is 2.85. The zero-order chi connectivity index (χ0) is 12.8. The van der Waals surface area contributed by atoms with E-state index in [9.17, 15) is 13.0 Å². The van der Waals surface area contributed by atoms with E-state index in [0.717, 1.165) is 12.0 Å². The number of unbranched alkanes of at least 4 members (excludes halogenated alkanes) is 1. The largest absolute Gasteiger partial charge is 0.247 e. The lowest BCUT2D eigenvalue weighted by Gasteiger charge is -2.02. The van der Waals surface area contributed by atoms with Crippen molar-refractivity contribution in [3.05, 3.63) is 40.8 Å². The molecule has 1 unspecified atom stereocenters. The fourth-order valence-electron chi connectivity index (χ4n) is 1.30. The maximum atomic E-state index is 13.5. The molecule has 0 aliphatic carbocycles. The van der Waals surface area contributed by atoms with Gasteiger partial charge in [0, 0.05) is 11.3 Å². The molecule has 0 aliphatic rings. The molecule has 0 spiro atoms. The minimum Gasteiger partial charge on any atom is -0.247 e. The van der Waals surface area contributed by atoms with Gasteiger partial charge in [0.15, 0.2) is 0 Å². The third-order valence-corrected chi connectivity index (χ3v) is 3.61. The monoisotopic (exact) mass is 258 g/mol. The molecule has 0 aliphatic heterocycles. The van der Waals surface area contributed by atoms with Crippen LogP contribution in [-0.2, 0) is 10.8 Å². The Labute approximate surface area is 103 Å². The lowest BCUT2D eigenvalue weighted by Crippen LogP contribution is -1.95. The average Bonchev–Trinajstić information content (AvgIpc) is 2.35. The zero-order valence-electron chi connectivity index (χ0n) is 10.0. The van der Waals surface area contributed by atoms with Crippen LogP contribution in [0.3, 0.4) is 0 Å². The molecule has 0 radical (unpaired) electrons. The van der Waals surface area contributed by atoms with Crippen molar-refractivity contribution in [3.63, 3.8) is 0 Å². The molecule has 1 rings (SSSR count). The fourth-order valence-corrected chi connectivity index (χ4v) is 2.19. The molecule has 0 saturated carbocycles. The number of benzene rings is 1. The Morgan fingerprint density at radius 1 is 1.24 bits per heavy atom. The highest BCUT2D eigenvalue weighted by molar-refractivity contribution is 7.88. The van der Waals surface area contributed by atoms with Crippen LogP contribution in [0, 0.1) is 6.92 Å². The van der Waals surface area contributed by atoms with Crippen LogP contribution in [0.4, 0.5) is 8.78 Å². The quantitative estimate of drug-likeness (QED) is 0.765. The Bertz CT molecular complexity index is 424. The van der Waals surface area contributed by atoms with Crippen LogP contribution in [0.1, 0.15) is 31.7 Å². The van der Waals surface area contributed by atoms with Gasteiger partial charge in [0.2, 0.25) is 5.16 Å². The summed E-state index contributed by atoms with van der Waals surface area (Å²) in [5.41, 5.74) is 0.988. The van der Waals surface area contributed by atoms with Crippen LogP contribution in [0.25, 0.3) is 0 Å². The van der Waals surface area contributed by atoms with Gasteiger partial charge < -0.3 is 0 Å². The molecule has 94 valence electrons. The highest BCUT2D eigenvalue weighted by Gasteiger charge is 2.15. The average molecular weight is 258 g/mol. The third-order valence-electron chi connectivity index (χ3n) is 2.36. The van der Waals surface area contributed by atoms with E-state index in [1.807, 2.05) is 13.8 Å². The van der Waals surface area contributed by atoms with Crippen LogP contribution >= 0.6 is 0 Å². The Morgan fingerprint density at radius 3 is 2.35 bits per heavy atom. The molecular weight excluding hydrogens is 242 g/mol. The van der Waals surface area contributed by atoms with Crippen molar-refractivity contribution in [3.8, 4) is 0 Å². The van der Waals surface area contributed by atoms with Gasteiger partial charge in [0.1, 0.15) is 16.6 Å². The van der Waals surface area contributed by atoms with Crippen molar-refractivity contribution in [2.24, 2.45) is 0 Å². The molecule has 0 saturated heterocycles. The van der Waals surface area contributed by atoms with Gasteiger partial charge in [-0.05, 0) is 25.5 Å². The van der Waals surface area contributed by atoms with Gasteiger partial charge in [-0.2, -0.15) is 4.39 Å². The van der Waals surface area contributed by atoms with E-state index in [4.69, 9.17) is 0 Å². The Kier molecular flexibility index (Phi) is 5.48. The molecule has 1 nitrogen and oxygen atoms in total. The van der Waals surface area contributed by atoms with Crippen LogP contribution in [0.2, 0.25) is 0 Å². The van der Waals surface area contributed by atoms with E-state index in [-0.39, 0.29) is 6.42 Å². The van der Waals surface area contributed by atoms with Gasteiger partial charge in [0.05, 0.1) is 0 Å². The van der Waals surface area contributed by atoms with Gasteiger partial charge >= 0.3 is 0 Å². The number of halogens is 2. The lowest BCUT2D eigenvalue weighted by molar-refractivity contribution is 0.520. The van der Waals surface area contributed by atoms with Gasteiger partial charge in [-0.3, -0.25) is 0 Å². The second-order valence-electron chi connectivity index (χ2n) is 3.86. The molecule has 1 aromatic carbocycles. The molecule has 1 atom stereocenters. The number of hydrogen-bond acceptors (Lipinski definition) is 1. The standard InChI is InChI=1S/C13H16F2OS/c1-3-4-5-12(14)13(15)17(16)11-8-6-10(2)7-9-11/h6-9H,3-5H2,1-2H3/b13-12-.